The Bertz CT molecular complexity index is 796. The molecular formula is C16H20ClN3O4S. The van der Waals surface area contributed by atoms with Crippen molar-refractivity contribution in [2.45, 2.75) is 6.42 Å². The maximum atomic E-state index is 12.9. The fourth-order valence-electron chi connectivity index (χ4n) is 3.43. The van der Waals surface area contributed by atoms with Gasteiger partial charge in [-0.15, -0.1) is 0 Å². The van der Waals surface area contributed by atoms with Crippen LogP contribution < -0.4 is 5.32 Å². The fraction of sp³-hybridized carbons (Fsp3) is 0.500. The lowest BCUT2D eigenvalue weighted by molar-refractivity contribution is -0.119. The second-order valence-electron chi connectivity index (χ2n) is 6.78. The van der Waals surface area contributed by atoms with Crippen LogP contribution in [-0.2, 0) is 14.8 Å². The molecule has 1 spiro atoms. The number of rotatable bonds is 2. The first kappa shape index (κ1) is 18.2. The van der Waals surface area contributed by atoms with Crippen molar-refractivity contribution in [3.8, 4) is 0 Å². The molecule has 0 aromatic heterocycles. The number of nitrogens with one attached hydrogen (secondary N) is 1. The van der Waals surface area contributed by atoms with Crippen LogP contribution in [0.5, 0.6) is 0 Å². The highest BCUT2D eigenvalue weighted by atomic mass is 35.5. The molecule has 9 heteroatoms. The van der Waals surface area contributed by atoms with Crippen LogP contribution in [0.1, 0.15) is 16.8 Å². The van der Waals surface area contributed by atoms with Gasteiger partial charge in [0.1, 0.15) is 0 Å². The van der Waals surface area contributed by atoms with Crippen molar-refractivity contribution in [1.82, 2.24) is 14.5 Å². The zero-order valence-electron chi connectivity index (χ0n) is 13.9. The van der Waals surface area contributed by atoms with E-state index >= 15 is 0 Å². The third-order valence-electron chi connectivity index (χ3n) is 4.70. The van der Waals surface area contributed by atoms with E-state index in [9.17, 15) is 18.0 Å². The Hall–Kier alpha value is -1.64. The average Bonchev–Trinajstić information content (AvgIpc) is 2.78. The Labute approximate surface area is 152 Å². The van der Waals surface area contributed by atoms with Crippen LogP contribution in [0.25, 0.3) is 0 Å². The van der Waals surface area contributed by atoms with Crippen LogP contribution in [0, 0.1) is 5.41 Å². The number of hydrogen-bond acceptors (Lipinski definition) is 4. The van der Waals surface area contributed by atoms with Crippen molar-refractivity contribution >= 4 is 33.4 Å². The molecule has 2 aliphatic rings. The first-order valence-electron chi connectivity index (χ1n) is 7.95. The number of sulfonamides is 1. The van der Waals surface area contributed by atoms with Crippen LogP contribution >= 0.6 is 11.6 Å². The minimum absolute atomic E-state index is 0.116. The van der Waals surface area contributed by atoms with Gasteiger partial charge in [0.25, 0.3) is 5.91 Å². The van der Waals surface area contributed by atoms with E-state index in [2.05, 4.69) is 5.32 Å². The van der Waals surface area contributed by atoms with Gasteiger partial charge in [0.05, 0.1) is 6.26 Å². The van der Waals surface area contributed by atoms with Crippen molar-refractivity contribution in [3.05, 3.63) is 34.9 Å². The topological polar surface area (TPSA) is 86.8 Å². The molecule has 1 N–H and O–H groups in total. The minimum atomic E-state index is -3.41. The highest BCUT2D eigenvalue weighted by molar-refractivity contribution is 7.88. The van der Waals surface area contributed by atoms with Crippen molar-refractivity contribution in [3.63, 3.8) is 0 Å². The van der Waals surface area contributed by atoms with Crippen molar-refractivity contribution < 1.29 is 18.0 Å². The van der Waals surface area contributed by atoms with Crippen LogP contribution in [0.15, 0.2) is 24.3 Å². The molecule has 0 unspecified atom stereocenters. The first-order chi connectivity index (χ1) is 11.7. The fourth-order valence-corrected chi connectivity index (χ4v) is 4.47. The summed E-state index contributed by atoms with van der Waals surface area (Å²) in [5.41, 5.74) is -0.108. The van der Waals surface area contributed by atoms with E-state index in [1.54, 1.807) is 29.2 Å². The molecule has 2 fully saturated rings. The van der Waals surface area contributed by atoms with Crippen LogP contribution in [-0.4, -0.2) is 68.4 Å². The zero-order chi connectivity index (χ0) is 18.2. The summed E-state index contributed by atoms with van der Waals surface area (Å²) in [6, 6.07) is 6.58. The molecule has 0 bridgehead atoms. The van der Waals surface area contributed by atoms with Gasteiger partial charge < -0.3 is 10.2 Å². The van der Waals surface area contributed by atoms with Gasteiger partial charge in [-0.25, -0.2) is 8.42 Å². The highest BCUT2D eigenvalue weighted by Gasteiger charge is 2.45. The van der Waals surface area contributed by atoms with Gasteiger partial charge in [-0.1, -0.05) is 11.6 Å². The number of carbonyl (C=O) groups is 2. The molecule has 2 aliphatic heterocycles. The summed E-state index contributed by atoms with van der Waals surface area (Å²) >= 11 is 5.87. The number of amides is 2. The molecule has 136 valence electrons. The number of hydrogen-bond donors (Lipinski definition) is 1. The summed E-state index contributed by atoms with van der Waals surface area (Å²) in [5, 5.41) is 3.31. The van der Waals surface area contributed by atoms with E-state index in [-0.39, 0.29) is 37.9 Å². The lowest BCUT2D eigenvalue weighted by Gasteiger charge is -2.32. The van der Waals surface area contributed by atoms with Gasteiger partial charge in [-0.05, 0) is 24.3 Å². The Morgan fingerprint density at radius 3 is 2.44 bits per heavy atom. The van der Waals surface area contributed by atoms with Gasteiger partial charge in [0.2, 0.25) is 15.9 Å². The maximum Gasteiger partial charge on any atom is 0.253 e. The monoisotopic (exact) mass is 385 g/mol. The summed E-state index contributed by atoms with van der Waals surface area (Å²) in [6.07, 6.45) is 1.37. The number of halogens is 1. The molecule has 1 atom stereocenters. The zero-order valence-corrected chi connectivity index (χ0v) is 15.4. The molecule has 25 heavy (non-hydrogen) atoms. The second-order valence-corrected chi connectivity index (χ2v) is 9.20. The standard InChI is InChI=1S/C16H20ClN3O4S/c1-25(23,24)20-7-6-19(10-16(11-20)8-14(21)18-9-16)15(22)12-2-4-13(17)5-3-12/h2-5H,6-11H2,1H3,(H,18,21)/t16-/m0/s1. The quantitative estimate of drug-likeness (QED) is 0.806. The third kappa shape index (κ3) is 3.96. The summed E-state index contributed by atoms with van der Waals surface area (Å²) < 4.78 is 25.5. The molecule has 2 saturated heterocycles. The third-order valence-corrected chi connectivity index (χ3v) is 6.20. The van der Waals surface area contributed by atoms with E-state index in [1.165, 1.54) is 4.31 Å². The van der Waals surface area contributed by atoms with Gasteiger partial charge in [-0.2, -0.15) is 4.31 Å². The Kier molecular flexibility index (Phi) is 4.78. The number of carbonyl (C=O) groups excluding carboxylic acids is 2. The molecule has 1 aromatic rings. The Balaban J connectivity index is 1.89. The predicted molar refractivity (Wildman–Crippen MR) is 93.8 cm³/mol. The molecule has 2 heterocycles. The normalized spacial score (nSPS) is 25.0. The van der Waals surface area contributed by atoms with Crippen molar-refractivity contribution in [2.75, 3.05) is 39.0 Å². The average molecular weight is 386 g/mol. The summed E-state index contributed by atoms with van der Waals surface area (Å²) in [7, 11) is -3.41. The number of nitrogens with zero attached hydrogens (tertiary/aromatic N) is 2. The Morgan fingerprint density at radius 2 is 1.88 bits per heavy atom. The summed E-state index contributed by atoms with van der Waals surface area (Å²) in [4.78, 5) is 26.3. The van der Waals surface area contributed by atoms with Crippen molar-refractivity contribution in [2.24, 2.45) is 5.41 Å². The Morgan fingerprint density at radius 1 is 1.20 bits per heavy atom. The second kappa shape index (κ2) is 6.59. The molecule has 0 saturated carbocycles. The van der Waals surface area contributed by atoms with Gasteiger partial charge in [0, 0.05) is 55.1 Å². The summed E-state index contributed by atoms with van der Waals surface area (Å²) in [6.45, 7) is 1.43. The van der Waals surface area contributed by atoms with Crippen LogP contribution in [0.2, 0.25) is 5.02 Å². The molecule has 0 aliphatic carbocycles. The predicted octanol–water partition coefficient (Wildman–Crippen LogP) is 0.564. The minimum Gasteiger partial charge on any atom is -0.355 e. The van der Waals surface area contributed by atoms with Crippen molar-refractivity contribution in [1.29, 1.82) is 0 Å². The SMILES string of the molecule is CS(=O)(=O)N1CCN(C(=O)c2ccc(Cl)cc2)C[C@]2(CNC(=O)C2)C1. The first-order valence-corrected chi connectivity index (χ1v) is 10.2. The van der Waals surface area contributed by atoms with E-state index in [0.29, 0.717) is 23.7 Å². The highest BCUT2D eigenvalue weighted by Crippen LogP contribution is 2.32. The van der Waals surface area contributed by atoms with Gasteiger partial charge in [0.15, 0.2) is 0 Å². The smallest absolute Gasteiger partial charge is 0.253 e. The van der Waals surface area contributed by atoms with Gasteiger partial charge >= 0.3 is 0 Å². The lowest BCUT2D eigenvalue weighted by Crippen LogP contribution is -2.44. The molecule has 0 radical (unpaired) electrons. The largest absolute Gasteiger partial charge is 0.355 e. The van der Waals surface area contributed by atoms with Gasteiger partial charge in [-0.3, -0.25) is 9.59 Å². The van der Waals surface area contributed by atoms with Crippen LogP contribution in [0.4, 0.5) is 0 Å². The van der Waals surface area contributed by atoms with E-state index in [0.717, 1.165) is 6.26 Å². The molecular weight excluding hydrogens is 366 g/mol. The molecule has 1 aromatic carbocycles. The molecule has 7 nitrogen and oxygen atoms in total. The molecule has 2 amide bonds. The van der Waals surface area contributed by atoms with E-state index in [1.807, 2.05) is 0 Å². The van der Waals surface area contributed by atoms with E-state index in [4.69, 9.17) is 11.6 Å². The maximum absolute atomic E-state index is 12.9. The van der Waals surface area contributed by atoms with E-state index < -0.39 is 15.4 Å². The summed E-state index contributed by atoms with van der Waals surface area (Å²) in [5.74, 6) is -0.306. The lowest BCUT2D eigenvalue weighted by atomic mass is 9.86. The molecule has 3 rings (SSSR count). The number of benzene rings is 1. The van der Waals surface area contributed by atoms with Crippen LogP contribution in [0.3, 0.4) is 0 Å².